The fraction of sp³-hybridized carbons (Fsp3) is 0.238. The van der Waals surface area contributed by atoms with Crippen LogP contribution in [0, 0.1) is 5.82 Å². The van der Waals surface area contributed by atoms with Crippen LogP contribution in [0.1, 0.15) is 18.1 Å². The van der Waals surface area contributed by atoms with Gasteiger partial charge in [0, 0.05) is 22.9 Å². The number of hydrogen-bond donors (Lipinski definition) is 3. The number of carbonyl (C=O) groups is 1. The molecule has 2 aromatic carbocycles. The Morgan fingerprint density at radius 1 is 1.16 bits per heavy atom. The highest BCUT2D eigenvalue weighted by molar-refractivity contribution is 5.92. The van der Waals surface area contributed by atoms with E-state index in [1.54, 1.807) is 0 Å². The molecule has 0 spiro atoms. The number of halogens is 4. The molecular formula is C21H16F4N2O4. The van der Waals surface area contributed by atoms with E-state index in [1.165, 1.54) is 37.5 Å². The van der Waals surface area contributed by atoms with Gasteiger partial charge in [-0.1, -0.05) is 24.3 Å². The molecule has 3 N–H and O–H groups in total. The molecule has 31 heavy (non-hydrogen) atoms. The zero-order valence-corrected chi connectivity index (χ0v) is 16.0. The van der Waals surface area contributed by atoms with Crippen molar-refractivity contribution in [2.45, 2.75) is 24.2 Å². The second kappa shape index (κ2) is 6.63. The van der Waals surface area contributed by atoms with Gasteiger partial charge in [0.05, 0.1) is 12.8 Å². The van der Waals surface area contributed by atoms with Crippen LogP contribution >= 0.6 is 0 Å². The number of nitrogens with zero attached hydrogens (tertiary/aromatic N) is 2. The Kier molecular flexibility index (Phi) is 4.49. The molecule has 0 aliphatic heterocycles. The van der Waals surface area contributed by atoms with Gasteiger partial charge in [-0.2, -0.15) is 18.3 Å². The van der Waals surface area contributed by atoms with Crippen LogP contribution in [0.2, 0.25) is 0 Å². The predicted octanol–water partition coefficient (Wildman–Crippen LogP) is 3.26. The minimum atomic E-state index is -5.12. The molecular weight excluding hydrogens is 420 g/mol. The highest BCUT2D eigenvalue weighted by Crippen LogP contribution is 2.57. The monoisotopic (exact) mass is 436 g/mol. The summed E-state index contributed by atoms with van der Waals surface area (Å²) in [7, 11) is 0. The number of benzene rings is 2. The molecule has 0 amide bonds. The molecule has 1 aliphatic carbocycles. The summed E-state index contributed by atoms with van der Waals surface area (Å²) in [4.78, 5) is 11.6. The van der Waals surface area contributed by atoms with Crippen molar-refractivity contribution in [1.82, 2.24) is 9.78 Å². The fourth-order valence-corrected chi connectivity index (χ4v) is 3.85. The molecule has 3 aromatic rings. The first-order valence-corrected chi connectivity index (χ1v) is 9.08. The molecule has 162 valence electrons. The van der Waals surface area contributed by atoms with Gasteiger partial charge in [-0.15, -0.1) is 0 Å². The zero-order valence-electron chi connectivity index (χ0n) is 16.0. The molecule has 0 fully saturated rings. The number of aliphatic hydroxyl groups excluding tert-OH is 1. The number of aliphatic hydroxyl groups is 2. The van der Waals surface area contributed by atoms with Crippen molar-refractivity contribution in [3.63, 3.8) is 0 Å². The van der Waals surface area contributed by atoms with Gasteiger partial charge in [-0.05, 0) is 35.7 Å². The number of aromatic nitrogens is 2. The molecule has 10 heteroatoms. The van der Waals surface area contributed by atoms with E-state index in [2.05, 4.69) is 5.10 Å². The van der Waals surface area contributed by atoms with Gasteiger partial charge < -0.3 is 15.3 Å². The van der Waals surface area contributed by atoms with E-state index in [0.717, 1.165) is 16.8 Å². The van der Waals surface area contributed by atoms with Crippen molar-refractivity contribution < 1.29 is 37.7 Å². The van der Waals surface area contributed by atoms with Crippen LogP contribution < -0.4 is 0 Å². The summed E-state index contributed by atoms with van der Waals surface area (Å²) < 4.78 is 57.3. The lowest BCUT2D eigenvalue weighted by Gasteiger charge is -2.28. The second-order valence-electron chi connectivity index (χ2n) is 7.54. The summed E-state index contributed by atoms with van der Waals surface area (Å²) in [6.45, 7) is 0.404. The third kappa shape index (κ3) is 2.78. The molecule has 0 radical (unpaired) electrons. The lowest BCUT2D eigenvalue weighted by Crippen LogP contribution is -2.42. The van der Waals surface area contributed by atoms with Gasteiger partial charge in [-0.25, -0.2) is 9.18 Å². The number of carboxylic acid groups (broad SMARTS) is 1. The van der Waals surface area contributed by atoms with Gasteiger partial charge >= 0.3 is 12.1 Å². The smallest absolute Gasteiger partial charge is 0.425 e. The molecule has 2 unspecified atom stereocenters. The molecule has 0 saturated carbocycles. The second-order valence-corrected chi connectivity index (χ2v) is 7.54. The maximum Gasteiger partial charge on any atom is 0.425 e. The van der Waals surface area contributed by atoms with Crippen LogP contribution in [0.5, 0.6) is 0 Å². The highest BCUT2D eigenvalue weighted by atomic mass is 19.4. The number of hydrogen-bond acceptors (Lipinski definition) is 4. The van der Waals surface area contributed by atoms with E-state index in [1.807, 2.05) is 0 Å². The highest BCUT2D eigenvalue weighted by Gasteiger charge is 2.61. The molecule has 4 rings (SSSR count). The molecule has 0 saturated heterocycles. The van der Waals surface area contributed by atoms with Crippen molar-refractivity contribution in [1.29, 1.82) is 0 Å². The van der Waals surface area contributed by atoms with Crippen molar-refractivity contribution in [3.8, 4) is 22.3 Å². The van der Waals surface area contributed by atoms with Gasteiger partial charge in [0.15, 0.2) is 5.54 Å². The van der Waals surface area contributed by atoms with E-state index in [0.29, 0.717) is 6.07 Å². The van der Waals surface area contributed by atoms with Crippen molar-refractivity contribution in [2.24, 2.45) is 0 Å². The number of carboxylic acids is 1. The SMILES string of the molecule is CC(CO)(C(=O)O)n1cc(-c2cc(F)cc3c2-c2ccccc2C3(O)C(F)(F)F)cn1. The summed E-state index contributed by atoms with van der Waals surface area (Å²) in [6.07, 6.45) is -2.76. The van der Waals surface area contributed by atoms with Crippen LogP contribution in [-0.4, -0.2) is 43.9 Å². The van der Waals surface area contributed by atoms with Gasteiger partial charge in [-0.3, -0.25) is 4.68 Å². The van der Waals surface area contributed by atoms with E-state index >= 15 is 0 Å². The molecule has 1 aliphatic rings. The minimum absolute atomic E-state index is 0.000413. The van der Waals surface area contributed by atoms with Crippen LogP contribution in [0.25, 0.3) is 22.3 Å². The topological polar surface area (TPSA) is 95.6 Å². The number of rotatable bonds is 4. The van der Waals surface area contributed by atoms with E-state index in [9.17, 15) is 37.7 Å². The van der Waals surface area contributed by atoms with Gasteiger partial charge in [0.1, 0.15) is 5.82 Å². The molecule has 6 nitrogen and oxygen atoms in total. The predicted molar refractivity (Wildman–Crippen MR) is 100 cm³/mol. The van der Waals surface area contributed by atoms with Crippen LogP contribution in [-0.2, 0) is 15.9 Å². The molecule has 2 atom stereocenters. The number of alkyl halides is 3. The summed E-state index contributed by atoms with van der Waals surface area (Å²) in [5.74, 6) is -2.40. The Labute approximate surface area is 173 Å². The fourth-order valence-electron chi connectivity index (χ4n) is 3.85. The quantitative estimate of drug-likeness (QED) is 0.546. The first-order chi connectivity index (χ1) is 14.4. The van der Waals surface area contributed by atoms with Crippen molar-refractivity contribution in [2.75, 3.05) is 6.61 Å². The van der Waals surface area contributed by atoms with Crippen LogP contribution in [0.3, 0.4) is 0 Å². The lowest BCUT2D eigenvalue weighted by molar-refractivity contribution is -0.246. The standard InChI is InChI=1S/C21H16F4N2O4/c1-19(10-28,18(29)30)27-9-11(8-26-27)14-6-12(22)7-16-17(14)13-4-2-3-5-15(13)20(16,31)21(23,24)25/h2-9,28,31H,10H2,1H3,(H,29,30). The van der Waals surface area contributed by atoms with Crippen molar-refractivity contribution >= 4 is 5.97 Å². The minimum Gasteiger partial charge on any atom is -0.479 e. The first kappa shape index (κ1) is 21.0. The van der Waals surface area contributed by atoms with Crippen LogP contribution in [0.4, 0.5) is 17.6 Å². The van der Waals surface area contributed by atoms with Crippen molar-refractivity contribution in [3.05, 3.63) is 65.7 Å². The Hall–Kier alpha value is -3.24. The normalized spacial score (nSPS) is 19.6. The van der Waals surface area contributed by atoms with Gasteiger partial charge in [0.2, 0.25) is 5.60 Å². The summed E-state index contributed by atoms with van der Waals surface area (Å²) in [6, 6.07) is 6.99. The van der Waals surface area contributed by atoms with Crippen LogP contribution in [0.15, 0.2) is 48.8 Å². The summed E-state index contributed by atoms with van der Waals surface area (Å²) in [5.41, 5.74) is -6.17. The third-order valence-electron chi connectivity index (χ3n) is 5.66. The number of aliphatic carboxylic acids is 1. The number of fused-ring (bicyclic) bond motifs is 3. The Bertz CT molecular complexity index is 1210. The first-order valence-electron chi connectivity index (χ1n) is 9.08. The largest absolute Gasteiger partial charge is 0.479 e. The summed E-state index contributed by atoms with van der Waals surface area (Å²) >= 11 is 0. The molecule has 0 bridgehead atoms. The zero-order chi connectivity index (χ0) is 22.8. The molecule has 1 aromatic heterocycles. The summed E-state index contributed by atoms with van der Waals surface area (Å²) in [5, 5.41) is 33.6. The average Bonchev–Trinajstić information content (AvgIpc) is 3.30. The van der Waals surface area contributed by atoms with E-state index < -0.39 is 46.8 Å². The lowest BCUT2D eigenvalue weighted by atomic mass is 9.89. The Morgan fingerprint density at radius 2 is 1.84 bits per heavy atom. The van der Waals surface area contributed by atoms with E-state index in [-0.39, 0.29) is 22.3 Å². The van der Waals surface area contributed by atoms with Gasteiger partial charge in [0.25, 0.3) is 0 Å². The average molecular weight is 436 g/mol. The van der Waals surface area contributed by atoms with E-state index in [4.69, 9.17) is 0 Å². The Morgan fingerprint density at radius 3 is 2.45 bits per heavy atom. The maximum atomic E-state index is 14.5. The maximum absolute atomic E-state index is 14.5. The Balaban J connectivity index is 2.01. The molecule has 1 heterocycles. The third-order valence-corrected chi connectivity index (χ3v) is 5.66.